The number of guanidine groups is 1. The van der Waals surface area contributed by atoms with Crippen molar-refractivity contribution in [2.24, 2.45) is 10.9 Å². The molecule has 3 heterocycles. The molecule has 7 heteroatoms. The molecule has 3 aliphatic rings. The average molecular weight is 555 g/mol. The van der Waals surface area contributed by atoms with Crippen LogP contribution in [0.2, 0.25) is 0 Å². The number of rotatable bonds is 5. The number of halogens is 1. The van der Waals surface area contributed by atoms with Crippen LogP contribution in [0.15, 0.2) is 35.3 Å². The summed E-state index contributed by atoms with van der Waals surface area (Å²) in [6, 6.07) is 12.2. The molecule has 6 nitrogen and oxygen atoms in total. The second-order valence-electron chi connectivity index (χ2n) is 9.78. The number of hydrogen-bond acceptors (Lipinski definition) is 4. The van der Waals surface area contributed by atoms with E-state index in [2.05, 4.69) is 74.2 Å². The maximum absolute atomic E-state index is 4.66. The first kappa shape index (κ1) is 25.7. The summed E-state index contributed by atoms with van der Waals surface area (Å²) in [5.41, 5.74) is 1.45. The van der Waals surface area contributed by atoms with Crippen LogP contribution in [-0.4, -0.2) is 104 Å². The van der Waals surface area contributed by atoms with Crippen LogP contribution in [0.5, 0.6) is 0 Å². The highest BCUT2D eigenvalue weighted by Gasteiger charge is 2.36. The van der Waals surface area contributed by atoms with E-state index in [0.717, 1.165) is 38.1 Å². The number of nitrogens with zero attached hydrogens (tertiary/aromatic N) is 5. The molecule has 1 N–H and O–H groups in total. The van der Waals surface area contributed by atoms with E-state index < -0.39 is 0 Å². The quantitative estimate of drug-likeness (QED) is 0.345. The Morgan fingerprint density at radius 2 is 1.81 bits per heavy atom. The summed E-state index contributed by atoms with van der Waals surface area (Å²) < 4.78 is 0. The number of piperidine rings is 2. The number of likely N-dealkylation sites (tertiary alicyclic amines) is 2. The van der Waals surface area contributed by atoms with Crippen molar-refractivity contribution in [3.05, 3.63) is 35.9 Å². The largest absolute Gasteiger partial charge is 0.355 e. The van der Waals surface area contributed by atoms with Crippen molar-refractivity contribution in [1.82, 2.24) is 24.9 Å². The number of nitrogens with one attached hydrogen (secondary N) is 1. The lowest BCUT2D eigenvalue weighted by molar-refractivity contribution is 0.0370. The molecule has 0 aliphatic carbocycles. The molecule has 3 aliphatic heterocycles. The summed E-state index contributed by atoms with van der Waals surface area (Å²) in [5.74, 6) is 1.85. The van der Waals surface area contributed by atoms with Gasteiger partial charge in [-0.2, -0.15) is 0 Å². The summed E-state index contributed by atoms with van der Waals surface area (Å²) >= 11 is 0. The Morgan fingerprint density at radius 1 is 1.06 bits per heavy atom. The second kappa shape index (κ2) is 12.5. The summed E-state index contributed by atoms with van der Waals surface area (Å²) in [4.78, 5) is 14.9. The minimum Gasteiger partial charge on any atom is -0.355 e. The van der Waals surface area contributed by atoms with Gasteiger partial charge in [-0.05, 0) is 51.3 Å². The van der Waals surface area contributed by atoms with Crippen LogP contribution in [0, 0.1) is 5.92 Å². The molecule has 3 saturated heterocycles. The summed E-state index contributed by atoms with van der Waals surface area (Å²) in [7, 11) is 4.16. The van der Waals surface area contributed by atoms with E-state index in [1.54, 1.807) is 0 Å². The summed E-state index contributed by atoms with van der Waals surface area (Å²) in [6.45, 7) is 12.6. The van der Waals surface area contributed by atoms with Gasteiger partial charge in [-0.15, -0.1) is 24.0 Å². The molecule has 3 unspecified atom stereocenters. The number of benzene rings is 1. The predicted molar refractivity (Wildman–Crippen MR) is 145 cm³/mol. The van der Waals surface area contributed by atoms with Gasteiger partial charge in [-0.3, -0.25) is 14.8 Å². The third-order valence-electron chi connectivity index (χ3n) is 7.64. The van der Waals surface area contributed by atoms with Gasteiger partial charge in [-0.1, -0.05) is 30.3 Å². The van der Waals surface area contributed by atoms with Gasteiger partial charge >= 0.3 is 0 Å². The zero-order valence-corrected chi connectivity index (χ0v) is 22.6. The smallest absolute Gasteiger partial charge is 0.193 e. The third kappa shape index (κ3) is 6.58. The molecule has 0 saturated carbocycles. The second-order valence-corrected chi connectivity index (χ2v) is 9.78. The van der Waals surface area contributed by atoms with Gasteiger partial charge in [0.2, 0.25) is 0 Å². The Morgan fingerprint density at radius 3 is 2.53 bits per heavy atom. The number of piperazine rings is 1. The van der Waals surface area contributed by atoms with Crippen LogP contribution >= 0.6 is 24.0 Å². The molecule has 0 radical (unpaired) electrons. The third-order valence-corrected chi connectivity index (χ3v) is 7.64. The predicted octanol–water partition coefficient (Wildman–Crippen LogP) is 2.80. The van der Waals surface area contributed by atoms with Crippen LogP contribution in [0.3, 0.4) is 0 Å². The number of likely N-dealkylation sites (N-methyl/N-ethyl adjacent to an activating group) is 1. The Hall–Kier alpha value is -0.900. The van der Waals surface area contributed by atoms with E-state index in [9.17, 15) is 0 Å². The molecule has 32 heavy (non-hydrogen) atoms. The fourth-order valence-electron chi connectivity index (χ4n) is 5.68. The molecule has 0 aromatic heterocycles. The van der Waals surface area contributed by atoms with Crippen molar-refractivity contribution in [3.63, 3.8) is 0 Å². The van der Waals surface area contributed by atoms with Gasteiger partial charge in [0.15, 0.2) is 5.96 Å². The Kier molecular flexibility index (Phi) is 10.1. The average Bonchev–Trinajstić information content (AvgIpc) is 2.80. The van der Waals surface area contributed by atoms with Crippen molar-refractivity contribution in [3.8, 4) is 0 Å². The highest BCUT2D eigenvalue weighted by Crippen LogP contribution is 2.31. The zero-order chi connectivity index (χ0) is 21.6. The lowest BCUT2D eigenvalue weighted by atomic mass is 9.83. The van der Waals surface area contributed by atoms with Crippen LogP contribution in [-0.2, 0) is 6.54 Å². The monoisotopic (exact) mass is 554 g/mol. The maximum Gasteiger partial charge on any atom is 0.193 e. The molecule has 4 rings (SSSR count). The first-order chi connectivity index (χ1) is 15.1. The van der Waals surface area contributed by atoms with Gasteiger partial charge in [0.25, 0.3) is 0 Å². The summed E-state index contributed by atoms with van der Waals surface area (Å²) in [6.07, 6.45) is 3.90. The first-order valence-corrected chi connectivity index (χ1v) is 12.3. The SMILES string of the molecule is CN=C(NCC(C)N1CCN(C)CC1)N1CCC2C(CCCN2Cc2ccccc2)C1.I. The van der Waals surface area contributed by atoms with Gasteiger partial charge < -0.3 is 15.1 Å². The molecule has 3 atom stereocenters. The van der Waals surface area contributed by atoms with Crippen molar-refractivity contribution in [1.29, 1.82) is 0 Å². The number of fused-ring (bicyclic) bond motifs is 1. The lowest BCUT2D eigenvalue weighted by Gasteiger charge is -2.48. The zero-order valence-electron chi connectivity index (χ0n) is 20.2. The molecule has 3 fully saturated rings. The van der Waals surface area contributed by atoms with Crippen LogP contribution in [0.4, 0.5) is 0 Å². The van der Waals surface area contributed by atoms with E-state index >= 15 is 0 Å². The minimum atomic E-state index is 0. The Labute approximate surface area is 212 Å². The minimum absolute atomic E-state index is 0. The maximum atomic E-state index is 4.66. The molecule has 0 bridgehead atoms. The topological polar surface area (TPSA) is 37.4 Å². The van der Waals surface area contributed by atoms with E-state index in [1.165, 1.54) is 57.5 Å². The molecule has 1 aromatic carbocycles. The normalized spacial score (nSPS) is 26.8. The van der Waals surface area contributed by atoms with E-state index in [4.69, 9.17) is 0 Å². The van der Waals surface area contributed by atoms with Crippen molar-refractivity contribution >= 4 is 29.9 Å². The molecule has 1 aromatic rings. The van der Waals surface area contributed by atoms with Gasteiger partial charge in [0.05, 0.1) is 0 Å². The van der Waals surface area contributed by atoms with Crippen LogP contribution < -0.4 is 5.32 Å². The highest BCUT2D eigenvalue weighted by molar-refractivity contribution is 14.0. The fraction of sp³-hybridized carbons (Fsp3) is 0.720. The van der Waals surface area contributed by atoms with E-state index in [1.807, 2.05) is 7.05 Å². The molecule has 180 valence electrons. The number of hydrogen-bond donors (Lipinski definition) is 1. The summed E-state index contributed by atoms with van der Waals surface area (Å²) in [5, 5.41) is 3.70. The van der Waals surface area contributed by atoms with Gasteiger partial charge in [0.1, 0.15) is 0 Å². The molecule has 0 spiro atoms. The lowest BCUT2D eigenvalue weighted by Crippen LogP contribution is -2.58. The Bertz CT molecular complexity index is 706. The van der Waals surface area contributed by atoms with Gasteiger partial charge in [-0.25, -0.2) is 0 Å². The standard InChI is InChI=1S/C25H42N6.HI/c1-21(29-16-14-28(3)15-17-29)18-27-25(26-2)31-13-11-24-23(20-31)10-7-12-30(24)19-22-8-5-4-6-9-22;/h4-6,8-9,21,23-24H,7,10-20H2,1-3H3,(H,26,27);1H. The molecular weight excluding hydrogens is 511 g/mol. The highest BCUT2D eigenvalue weighted by atomic mass is 127. The van der Waals surface area contributed by atoms with Crippen molar-refractivity contribution in [2.45, 2.75) is 44.8 Å². The van der Waals surface area contributed by atoms with Crippen LogP contribution in [0.25, 0.3) is 0 Å². The van der Waals surface area contributed by atoms with Crippen LogP contribution in [0.1, 0.15) is 31.7 Å². The number of aliphatic imine (C=N–C) groups is 1. The Balaban J connectivity index is 0.00000289. The fourth-order valence-corrected chi connectivity index (χ4v) is 5.68. The molecule has 0 amide bonds. The molecular formula is C25H43IN6. The van der Waals surface area contributed by atoms with E-state index in [-0.39, 0.29) is 24.0 Å². The van der Waals surface area contributed by atoms with Crippen molar-refractivity contribution in [2.75, 3.05) is 66.5 Å². The van der Waals surface area contributed by atoms with E-state index in [0.29, 0.717) is 12.1 Å². The first-order valence-electron chi connectivity index (χ1n) is 12.3. The van der Waals surface area contributed by atoms with Gasteiger partial charge in [0, 0.05) is 71.5 Å². The van der Waals surface area contributed by atoms with Crippen molar-refractivity contribution < 1.29 is 0 Å².